The molecule has 0 saturated heterocycles. The van der Waals surface area contributed by atoms with Crippen molar-refractivity contribution in [1.29, 1.82) is 0 Å². The molecule has 0 aliphatic heterocycles. The van der Waals surface area contributed by atoms with Gasteiger partial charge in [0.2, 0.25) is 0 Å². The summed E-state index contributed by atoms with van der Waals surface area (Å²) >= 11 is 3.35. The van der Waals surface area contributed by atoms with Crippen LogP contribution in [0, 0.1) is 5.41 Å². The summed E-state index contributed by atoms with van der Waals surface area (Å²) in [7, 11) is 0. The zero-order valence-electron chi connectivity index (χ0n) is 12.7. The number of rotatable bonds is 5. The topological polar surface area (TPSA) is 78.4 Å². The van der Waals surface area contributed by atoms with Gasteiger partial charge < -0.3 is 15.7 Å². The summed E-state index contributed by atoms with van der Waals surface area (Å²) in [6.07, 6.45) is 0. The number of amides is 2. The number of hydrogen-bond acceptors (Lipinski definition) is 2. The molecular weight excluding hydrogens is 336 g/mol. The molecule has 0 aliphatic rings. The SMILES string of the molecule is CC(C)(NC(=O)NCc1ccc(Br)cc1)C(C)(C)C(=O)O. The number of halogens is 1. The molecule has 3 N–H and O–H groups in total. The van der Waals surface area contributed by atoms with Crippen LogP contribution in [0.3, 0.4) is 0 Å². The predicted molar refractivity (Wildman–Crippen MR) is 85.0 cm³/mol. The molecule has 6 heteroatoms. The van der Waals surface area contributed by atoms with E-state index >= 15 is 0 Å². The molecule has 0 spiro atoms. The van der Waals surface area contributed by atoms with Gasteiger partial charge in [-0.05, 0) is 45.4 Å². The molecule has 116 valence electrons. The van der Waals surface area contributed by atoms with Gasteiger partial charge in [-0.25, -0.2) is 4.79 Å². The van der Waals surface area contributed by atoms with Crippen molar-refractivity contribution in [2.45, 2.75) is 39.8 Å². The highest BCUT2D eigenvalue weighted by molar-refractivity contribution is 9.10. The Labute approximate surface area is 133 Å². The number of nitrogens with one attached hydrogen (secondary N) is 2. The molecule has 1 aromatic rings. The molecule has 0 heterocycles. The number of aliphatic carboxylic acids is 1. The second kappa shape index (κ2) is 6.47. The maximum atomic E-state index is 11.9. The number of hydrogen-bond donors (Lipinski definition) is 3. The first-order valence-electron chi connectivity index (χ1n) is 6.60. The lowest BCUT2D eigenvalue weighted by Crippen LogP contribution is -2.58. The van der Waals surface area contributed by atoms with E-state index in [1.807, 2.05) is 24.3 Å². The lowest BCUT2D eigenvalue weighted by Gasteiger charge is -2.38. The summed E-state index contributed by atoms with van der Waals surface area (Å²) in [6, 6.07) is 7.20. The van der Waals surface area contributed by atoms with Gasteiger partial charge in [0.05, 0.1) is 11.0 Å². The summed E-state index contributed by atoms with van der Waals surface area (Å²) < 4.78 is 0.972. The van der Waals surface area contributed by atoms with Crippen LogP contribution in [-0.4, -0.2) is 22.6 Å². The average molecular weight is 357 g/mol. The Morgan fingerprint density at radius 2 is 1.67 bits per heavy atom. The van der Waals surface area contributed by atoms with E-state index in [1.165, 1.54) is 0 Å². The lowest BCUT2D eigenvalue weighted by atomic mass is 9.74. The predicted octanol–water partition coefficient (Wildman–Crippen LogP) is 3.14. The normalized spacial score (nSPS) is 11.9. The van der Waals surface area contributed by atoms with Crippen LogP contribution in [0.25, 0.3) is 0 Å². The van der Waals surface area contributed by atoms with Crippen LogP contribution in [0.4, 0.5) is 4.79 Å². The Kier molecular flexibility index (Phi) is 5.39. The molecule has 0 radical (unpaired) electrons. The molecular formula is C15H21BrN2O3. The van der Waals surface area contributed by atoms with Crippen LogP contribution in [0.15, 0.2) is 28.7 Å². The Balaban J connectivity index is 2.61. The van der Waals surface area contributed by atoms with E-state index in [4.69, 9.17) is 0 Å². The first kappa shape index (κ1) is 17.5. The maximum Gasteiger partial charge on any atom is 0.315 e. The van der Waals surface area contributed by atoms with E-state index in [9.17, 15) is 14.7 Å². The van der Waals surface area contributed by atoms with Crippen molar-refractivity contribution in [3.63, 3.8) is 0 Å². The van der Waals surface area contributed by atoms with Gasteiger partial charge in [-0.2, -0.15) is 0 Å². The Hall–Kier alpha value is -1.56. The van der Waals surface area contributed by atoms with Crippen molar-refractivity contribution in [2.75, 3.05) is 0 Å². The fourth-order valence-electron chi connectivity index (χ4n) is 1.54. The number of urea groups is 1. The number of carbonyl (C=O) groups excluding carboxylic acids is 1. The molecule has 1 aromatic carbocycles. The molecule has 2 amide bonds. The van der Waals surface area contributed by atoms with Crippen molar-refractivity contribution in [3.8, 4) is 0 Å². The largest absolute Gasteiger partial charge is 0.481 e. The monoisotopic (exact) mass is 356 g/mol. The molecule has 1 rings (SSSR count). The van der Waals surface area contributed by atoms with Crippen molar-refractivity contribution in [2.24, 2.45) is 5.41 Å². The standard InChI is InChI=1S/C15H21BrN2O3/c1-14(2,12(19)20)15(3,4)18-13(21)17-9-10-5-7-11(16)8-6-10/h5-8H,9H2,1-4H3,(H,19,20)(H2,17,18,21). The summed E-state index contributed by atoms with van der Waals surface area (Å²) in [5.74, 6) is -0.958. The van der Waals surface area contributed by atoms with E-state index in [1.54, 1.807) is 27.7 Å². The highest BCUT2D eigenvalue weighted by atomic mass is 79.9. The lowest BCUT2D eigenvalue weighted by molar-refractivity contribution is -0.150. The molecule has 0 aliphatic carbocycles. The van der Waals surface area contributed by atoms with E-state index < -0.39 is 23.0 Å². The fourth-order valence-corrected chi connectivity index (χ4v) is 1.80. The first-order chi connectivity index (χ1) is 9.56. The quantitative estimate of drug-likeness (QED) is 0.758. The molecule has 0 saturated carbocycles. The third-order valence-electron chi connectivity index (χ3n) is 3.89. The highest BCUT2D eigenvalue weighted by Gasteiger charge is 2.44. The van der Waals surface area contributed by atoms with Crippen molar-refractivity contribution < 1.29 is 14.7 Å². The first-order valence-corrected chi connectivity index (χ1v) is 7.39. The Bertz CT molecular complexity index is 524. The molecule has 0 unspecified atom stereocenters. The van der Waals surface area contributed by atoms with Crippen molar-refractivity contribution in [3.05, 3.63) is 34.3 Å². The van der Waals surface area contributed by atoms with Crippen LogP contribution in [0.5, 0.6) is 0 Å². The van der Waals surface area contributed by atoms with Gasteiger partial charge >= 0.3 is 12.0 Å². The Morgan fingerprint density at radius 1 is 1.14 bits per heavy atom. The molecule has 5 nitrogen and oxygen atoms in total. The second-order valence-electron chi connectivity index (χ2n) is 5.99. The minimum Gasteiger partial charge on any atom is -0.481 e. The van der Waals surface area contributed by atoms with Gasteiger partial charge in [-0.1, -0.05) is 28.1 Å². The van der Waals surface area contributed by atoms with Crippen LogP contribution in [0.2, 0.25) is 0 Å². The number of carbonyl (C=O) groups is 2. The van der Waals surface area contributed by atoms with Crippen molar-refractivity contribution in [1.82, 2.24) is 10.6 Å². The van der Waals surface area contributed by atoms with E-state index in [2.05, 4.69) is 26.6 Å². The third kappa shape index (κ3) is 4.46. The summed E-state index contributed by atoms with van der Waals surface area (Å²) in [5, 5.41) is 14.7. The zero-order chi connectivity index (χ0) is 16.3. The van der Waals surface area contributed by atoms with E-state index in [0.717, 1.165) is 10.0 Å². The van der Waals surface area contributed by atoms with Gasteiger partial charge in [-0.15, -0.1) is 0 Å². The minimum absolute atomic E-state index is 0.378. The van der Waals surface area contributed by atoms with Gasteiger partial charge in [0, 0.05) is 11.0 Å². The molecule has 0 aromatic heterocycles. The van der Waals surface area contributed by atoms with E-state index in [-0.39, 0.29) is 0 Å². The van der Waals surface area contributed by atoms with Crippen molar-refractivity contribution >= 4 is 27.9 Å². The fraction of sp³-hybridized carbons (Fsp3) is 0.467. The summed E-state index contributed by atoms with van der Waals surface area (Å²) in [5.41, 5.74) is -1.01. The van der Waals surface area contributed by atoms with Crippen LogP contribution >= 0.6 is 15.9 Å². The van der Waals surface area contributed by atoms with Crippen LogP contribution in [0.1, 0.15) is 33.3 Å². The molecule has 0 bridgehead atoms. The van der Waals surface area contributed by atoms with Crippen LogP contribution in [-0.2, 0) is 11.3 Å². The Morgan fingerprint density at radius 3 is 2.14 bits per heavy atom. The zero-order valence-corrected chi connectivity index (χ0v) is 14.2. The summed E-state index contributed by atoms with van der Waals surface area (Å²) in [4.78, 5) is 23.2. The average Bonchev–Trinajstić information content (AvgIpc) is 2.37. The molecule has 0 fully saturated rings. The van der Waals surface area contributed by atoms with E-state index in [0.29, 0.717) is 6.54 Å². The third-order valence-corrected chi connectivity index (χ3v) is 4.42. The minimum atomic E-state index is -1.08. The number of benzene rings is 1. The van der Waals surface area contributed by atoms with Crippen LogP contribution < -0.4 is 10.6 Å². The number of carboxylic acid groups (broad SMARTS) is 1. The smallest absolute Gasteiger partial charge is 0.315 e. The van der Waals surface area contributed by atoms with Gasteiger partial charge in [-0.3, -0.25) is 4.79 Å². The van der Waals surface area contributed by atoms with Gasteiger partial charge in [0.1, 0.15) is 0 Å². The number of carboxylic acids is 1. The molecule has 0 atom stereocenters. The van der Waals surface area contributed by atoms with Gasteiger partial charge in [0.25, 0.3) is 0 Å². The molecule has 21 heavy (non-hydrogen) atoms. The van der Waals surface area contributed by atoms with Gasteiger partial charge in [0.15, 0.2) is 0 Å². The second-order valence-corrected chi connectivity index (χ2v) is 6.90. The summed E-state index contributed by atoms with van der Waals surface area (Å²) in [6.45, 7) is 6.94. The maximum absolute atomic E-state index is 11.9. The highest BCUT2D eigenvalue weighted by Crippen LogP contribution is 2.30.